The molecule has 0 fully saturated rings. The maximum absolute atomic E-state index is 12.6. The average molecular weight is 389 g/mol. The van der Waals surface area contributed by atoms with Crippen molar-refractivity contribution < 1.29 is 14.3 Å². The van der Waals surface area contributed by atoms with E-state index in [1.165, 1.54) is 0 Å². The molecule has 0 radical (unpaired) electrons. The number of hydrogen-bond acceptors (Lipinski definition) is 3. The number of carbonyl (C=O) groups excluding carboxylic acids is 2. The van der Waals surface area contributed by atoms with Crippen LogP contribution in [0.15, 0.2) is 48.5 Å². The van der Waals surface area contributed by atoms with Crippen LogP contribution in [0.25, 0.3) is 0 Å². The number of hydrogen-bond donors (Lipinski definition) is 2. The predicted octanol–water partition coefficient (Wildman–Crippen LogP) is 4.41. The van der Waals surface area contributed by atoms with Gasteiger partial charge in [0.05, 0.1) is 6.10 Å². The summed E-state index contributed by atoms with van der Waals surface area (Å²) in [6.07, 6.45) is 0.0752. The van der Waals surface area contributed by atoms with Crippen molar-refractivity contribution in [3.05, 3.63) is 59.1 Å². The Labute approximate surface area is 165 Å². The number of amides is 2. The summed E-state index contributed by atoms with van der Waals surface area (Å²) in [5.41, 5.74) is 0.154. The van der Waals surface area contributed by atoms with Crippen molar-refractivity contribution in [2.24, 2.45) is 5.41 Å². The quantitative estimate of drug-likeness (QED) is 0.690. The standard InChI is InChI=1S/C21H25ClN2O3/c1-14(2)27-17-11-9-16(10-12-17)24-20(26)21(3,4)19(25)23-13-15-7-5-6-8-18(15)22/h5-12,14H,13H2,1-4H3,(H,23,25)(H,24,26). The minimum atomic E-state index is -1.24. The second-order valence-corrected chi connectivity index (χ2v) is 7.45. The third kappa shape index (κ3) is 5.73. The van der Waals surface area contributed by atoms with E-state index in [0.29, 0.717) is 10.7 Å². The molecule has 2 rings (SSSR count). The number of halogens is 1. The fraction of sp³-hybridized carbons (Fsp3) is 0.333. The predicted molar refractivity (Wildman–Crippen MR) is 108 cm³/mol. The molecule has 2 aromatic carbocycles. The van der Waals surface area contributed by atoms with E-state index in [2.05, 4.69) is 10.6 Å². The molecule has 0 aliphatic heterocycles. The lowest BCUT2D eigenvalue weighted by molar-refractivity contribution is -0.138. The van der Waals surface area contributed by atoms with Crippen molar-refractivity contribution in [2.45, 2.75) is 40.3 Å². The Morgan fingerprint density at radius 2 is 1.67 bits per heavy atom. The second kappa shape index (κ2) is 8.91. The molecule has 2 N–H and O–H groups in total. The summed E-state index contributed by atoms with van der Waals surface area (Å²) in [7, 11) is 0. The van der Waals surface area contributed by atoms with E-state index in [-0.39, 0.29) is 18.6 Å². The first-order valence-corrected chi connectivity index (χ1v) is 9.18. The van der Waals surface area contributed by atoms with Gasteiger partial charge < -0.3 is 15.4 Å². The van der Waals surface area contributed by atoms with E-state index in [1.807, 2.05) is 32.0 Å². The number of nitrogens with one attached hydrogen (secondary N) is 2. The summed E-state index contributed by atoms with van der Waals surface area (Å²) in [6.45, 7) is 7.32. The molecule has 27 heavy (non-hydrogen) atoms. The fourth-order valence-corrected chi connectivity index (χ4v) is 2.52. The third-order valence-electron chi connectivity index (χ3n) is 4.02. The molecule has 0 unspecified atom stereocenters. The van der Waals surface area contributed by atoms with Crippen LogP contribution >= 0.6 is 11.6 Å². The molecule has 0 atom stereocenters. The summed E-state index contributed by atoms with van der Waals surface area (Å²) < 4.78 is 5.58. The maximum Gasteiger partial charge on any atom is 0.239 e. The normalized spacial score (nSPS) is 11.2. The van der Waals surface area contributed by atoms with Gasteiger partial charge in [-0.3, -0.25) is 9.59 Å². The number of anilines is 1. The van der Waals surface area contributed by atoms with Gasteiger partial charge in [0.2, 0.25) is 11.8 Å². The van der Waals surface area contributed by atoms with Gasteiger partial charge >= 0.3 is 0 Å². The Bertz CT molecular complexity index is 801. The van der Waals surface area contributed by atoms with Crippen LogP contribution in [-0.4, -0.2) is 17.9 Å². The fourth-order valence-electron chi connectivity index (χ4n) is 2.32. The van der Waals surface area contributed by atoms with E-state index in [4.69, 9.17) is 16.3 Å². The number of ether oxygens (including phenoxy) is 1. The Balaban J connectivity index is 1.97. The zero-order chi connectivity index (χ0) is 20.0. The molecule has 0 saturated heterocycles. The van der Waals surface area contributed by atoms with Crippen molar-refractivity contribution >= 4 is 29.1 Å². The van der Waals surface area contributed by atoms with Crippen molar-refractivity contribution in [1.82, 2.24) is 5.32 Å². The number of rotatable bonds is 7. The topological polar surface area (TPSA) is 67.4 Å². The van der Waals surface area contributed by atoms with Gasteiger partial charge in [-0.15, -0.1) is 0 Å². The van der Waals surface area contributed by atoms with Gasteiger partial charge in [-0.05, 0) is 63.6 Å². The lowest BCUT2D eigenvalue weighted by Crippen LogP contribution is -2.44. The first-order valence-electron chi connectivity index (χ1n) is 8.80. The molecule has 0 bridgehead atoms. The molecule has 0 aliphatic rings. The Morgan fingerprint density at radius 1 is 1.04 bits per heavy atom. The first-order chi connectivity index (χ1) is 12.7. The van der Waals surface area contributed by atoms with Gasteiger partial charge in [-0.25, -0.2) is 0 Å². The molecule has 0 spiro atoms. The molecule has 0 heterocycles. The van der Waals surface area contributed by atoms with E-state index in [9.17, 15) is 9.59 Å². The van der Waals surface area contributed by atoms with Crippen LogP contribution in [0.3, 0.4) is 0 Å². The summed E-state index contributed by atoms with van der Waals surface area (Å²) in [4.78, 5) is 25.1. The lowest BCUT2D eigenvalue weighted by atomic mass is 9.90. The van der Waals surface area contributed by atoms with Gasteiger partial charge in [-0.2, -0.15) is 0 Å². The zero-order valence-electron chi connectivity index (χ0n) is 16.0. The van der Waals surface area contributed by atoms with Crippen molar-refractivity contribution in [3.63, 3.8) is 0 Å². The molecule has 2 aromatic rings. The average Bonchev–Trinajstić information content (AvgIpc) is 2.61. The summed E-state index contributed by atoms with van der Waals surface area (Å²) >= 11 is 6.10. The van der Waals surface area contributed by atoms with Crippen LogP contribution in [0.1, 0.15) is 33.3 Å². The van der Waals surface area contributed by atoms with Gasteiger partial charge in [0.25, 0.3) is 0 Å². The molecule has 0 aliphatic carbocycles. The minimum absolute atomic E-state index is 0.0752. The van der Waals surface area contributed by atoms with Gasteiger partial charge in [0.15, 0.2) is 0 Å². The van der Waals surface area contributed by atoms with Crippen LogP contribution < -0.4 is 15.4 Å². The van der Waals surface area contributed by atoms with Crippen LogP contribution in [-0.2, 0) is 16.1 Å². The highest BCUT2D eigenvalue weighted by atomic mass is 35.5. The number of benzene rings is 2. The molecule has 144 valence electrons. The summed E-state index contributed by atoms with van der Waals surface area (Å²) in [5.74, 6) is -0.0453. The zero-order valence-corrected chi connectivity index (χ0v) is 16.8. The van der Waals surface area contributed by atoms with E-state index >= 15 is 0 Å². The Morgan fingerprint density at radius 3 is 2.26 bits per heavy atom. The first kappa shape index (κ1) is 20.8. The van der Waals surface area contributed by atoms with Crippen LogP contribution in [0.4, 0.5) is 5.69 Å². The van der Waals surface area contributed by atoms with E-state index in [1.54, 1.807) is 44.2 Å². The summed E-state index contributed by atoms with van der Waals surface area (Å²) in [5, 5.41) is 6.12. The largest absolute Gasteiger partial charge is 0.491 e. The molecule has 0 saturated carbocycles. The molecular formula is C21H25ClN2O3. The van der Waals surface area contributed by atoms with Gasteiger partial charge in [0.1, 0.15) is 11.2 Å². The molecular weight excluding hydrogens is 364 g/mol. The SMILES string of the molecule is CC(C)Oc1ccc(NC(=O)C(C)(C)C(=O)NCc2ccccc2Cl)cc1. The lowest BCUT2D eigenvalue weighted by Gasteiger charge is -2.23. The maximum atomic E-state index is 12.6. The van der Waals surface area contributed by atoms with Gasteiger partial charge in [0, 0.05) is 17.3 Å². The van der Waals surface area contributed by atoms with Crippen molar-refractivity contribution in [2.75, 3.05) is 5.32 Å². The smallest absolute Gasteiger partial charge is 0.239 e. The number of carbonyl (C=O) groups is 2. The second-order valence-electron chi connectivity index (χ2n) is 7.04. The molecule has 2 amide bonds. The van der Waals surface area contributed by atoms with E-state index < -0.39 is 11.3 Å². The summed E-state index contributed by atoms with van der Waals surface area (Å²) in [6, 6.07) is 14.3. The highest BCUT2D eigenvalue weighted by molar-refractivity contribution is 6.31. The Hall–Kier alpha value is -2.53. The van der Waals surface area contributed by atoms with Crippen LogP contribution in [0.5, 0.6) is 5.75 Å². The monoisotopic (exact) mass is 388 g/mol. The van der Waals surface area contributed by atoms with Crippen molar-refractivity contribution in [1.29, 1.82) is 0 Å². The highest BCUT2D eigenvalue weighted by Gasteiger charge is 2.36. The van der Waals surface area contributed by atoms with Crippen LogP contribution in [0.2, 0.25) is 5.02 Å². The molecule has 6 heteroatoms. The van der Waals surface area contributed by atoms with Crippen molar-refractivity contribution in [3.8, 4) is 5.75 Å². The van der Waals surface area contributed by atoms with E-state index in [0.717, 1.165) is 11.3 Å². The molecule has 5 nitrogen and oxygen atoms in total. The molecule has 0 aromatic heterocycles. The minimum Gasteiger partial charge on any atom is -0.491 e. The highest BCUT2D eigenvalue weighted by Crippen LogP contribution is 2.22. The van der Waals surface area contributed by atoms with Crippen LogP contribution in [0, 0.1) is 5.41 Å². The van der Waals surface area contributed by atoms with Gasteiger partial charge in [-0.1, -0.05) is 29.8 Å². The third-order valence-corrected chi connectivity index (χ3v) is 4.39. The Kier molecular flexibility index (Phi) is 6.86.